The Morgan fingerprint density at radius 3 is 2.59 bits per heavy atom. The van der Waals surface area contributed by atoms with E-state index in [1.807, 2.05) is 72.0 Å². The lowest BCUT2D eigenvalue weighted by atomic mass is 10.2. The van der Waals surface area contributed by atoms with E-state index in [-0.39, 0.29) is 5.91 Å². The molecule has 4 rings (SSSR count). The molecule has 0 N–H and O–H groups in total. The second kappa shape index (κ2) is 7.32. The zero-order valence-corrected chi connectivity index (χ0v) is 16.3. The molecule has 0 unspecified atom stereocenters. The van der Waals surface area contributed by atoms with Gasteiger partial charge in [-0.3, -0.25) is 9.78 Å². The minimum absolute atomic E-state index is 0.161. The van der Waals surface area contributed by atoms with Crippen LogP contribution < -0.4 is 4.90 Å². The van der Waals surface area contributed by atoms with Gasteiger partial charge in [-0.15, -0.1) is 0 Å². The summed E-state index contributed by atoms with van der Waals surface area (Å²) in [5, 5.41) is 0. The number of anilines is 1. The number of fused-ring (bicyclic) bond motifs is 1. The van der Waals surface area contributed by atoms with Gasteiger partial charge in [-0.25, -0.2) is 4.98 Å². The molecular formula is C21H17BrN4O. The van der Waals surface area contributed by atoms with Crippen LogP contribution in [0.4, 0.5) is 5.69 Å². The summed E-state index contributed by atoms with van der Waals surface area (Å²) in [4.78, 5) is 23.9. The van der Waals surface area contributed by atoms with Crippen LogP contribution in [0.25, 0.3) is 5.65 Å². The van der Waals surface area contributed by atoms with Gasteiger partial charge in [0.2, 0.25) is 0 Å². The summed E-state index contributed by atoms with van der Waals surface area (Å²) < 4.78 is 2.88. The molecule has 0 radical (unpaired) electrons. The number of pyridine rings is 2. The number of aryl methyl sites for hydroxylation is 1. The normalized spacial score (nSPS) is 10.9. The van der Waals surface area contributed by atoms with Crippen molar-refractivity contribution in [3.8, 4) is 0 Å². The molecule has 0 bridgehead atoms. The molecule has 0 saturated heterocycles. The molecule has 4 aromatic rings. The van der Waals surface area contributed by atoms with Crippen LogP contribution >= 0.6 is 15.9 Å². The average Bonchev–Trinajstić information content (AvgIpc) is 3.13. The Morgan fingerprint density at radius 2 is 1.89 bits per heavy atom. The van der Waals surface area contributed by atoms with Crippen LogP contribution in [-0.4, -0.2) is 20.3 Å². The quantitative estimate of drug-likeness (QED) is 0.482. The van der Waals surface area contributed by atoms with E-state index < -0.39 is 0 Å². The molecule has 0 aliphatic heterocycles. The Labute approximate surface area is 165 Å². The van der Waals surface area contributed by atoms with E-state index in [1.165, 1.54) is 0 Å². The number of hydrogen-bond donors (Lipinski definition) is 0. The summed E-state index contributed by atoms with van der Waals surface area (Å²) in [6, 6.07) is 19.2. The van der Waals surface area contributed by atoms with E-state index in [9.17, 15) is 4.79 Å². The smallest absolute Gasteiger partial charge is 0.278 e. The highest BCUT2D eigenvalue weighted by atomic mass is 79.9. The van der Waals surface area contributed by atoms with Crippen molar-refractivity contribution < 1.29 is 4.79 Å². The summed E-state index contributed by atoms with van der Waals surface area (Å²) in [6.07, 6.45) is 3.52. The van der Waals surface area contributed by atoms with Gasteiger partial charge in [-0.05, 0) is 55.5 Å². The van der Waals surface area contributed by atoms with Gasteiger partial charge >= 0.3 is 0 Å². The summed E-state index contributed by atoms with van der Waals surface area (Å²) in [7, 11) is 0. The molecular weight excluding hydrogens is 404 g/mol. The van der Waals surface area contributed by atoms with Gasteiger partial charge in [-0.2, -0.15) is 0 Å². The van der Waals surface area contributed by atoms with Crippen LogP contribution in [0.5, 0.6) is 0 Å². The van der Waals surface area contributed by atoms with Crippen LogP contribution in [0.1, 0.15) is 21.9 Å². The van der Waals surface area contributed by atoms with E-state index in [4.69, 9.17) is 0 Å². The van der Waals surface area contributed by atoms with E-state index in [0.717, 1.165) is 27.2 Å². The molecule has 0 saturated carbocycles. The van der Waals surface area contributed by atoms with E-state index in [0.29, 0.717) is 12.2 Å². The van der Waals surface area contributed by atoms with Gasteiger partial charge < -0.3 is 9.30 Å². The number of aromatic nitrogens is 3. The maximum Gasteiger partial charge on any atom is 0.278 e. The van der Waals surface area contributed by atoms with Crippen molar-refractivity contribution in [1.82, 2.24) is 14.4 Å². The number of imidazole rings is 1. The molecule has 0 spiro atoms. The minimum atomic E-state index is -0.161. The van der Waals surface area contributed by atoms with Crippen LogP contribution in [0.3, 0.4) is 0 Å². The Morgan fingerprint density at radius 1 is 1.07 bits per heavy atom. The first kappa shape index (κ1) is 17.4. The molecule has 0 fully saturated rings. The molecule has 3 aromatic heterocycles. The molecule has 27 heavy (non-hydrogen) atoms. The molecule has 1 aromatic carbocycles. The van der Waals surface area contributed by atoms with Gasteiger partial charge in [0, 0.05) is 28.2 Å². The van der Waals surface area contributed by atoms with Crippen LogP contribution in [-0.2, 0) is 6.54 Å². The highest BCUT2D eigenvalue weighted by molar-refractivity contribution is 9.10. The zero-order chi connectivity index (χ0) is 18.8. The fraction of sp³-hybridized carbons (Fsp3) is 0.0952. The fourth-order valence-corrected chi connectivity index (χ4v) is 3.21. The molecule has 0 atom stereocenters. The van der Waals surface area contributed by atoms with Crippen LogP contribution in [0.15, 0.2) is 77.5 Å². The molecule has 134 valence electrons. The van der Waals surface area contributed by atoms with Gasteiger partial charge in [0.1, 0.15) is 11.3 Å². The first-order chi connectivity index (χ1) is 13.1. The molecule has 5 nitrogen and oxygen atoms in total. The largest absolute Gasteiger partial charge is 0.304 e. The molecule has 0 aliphatic carbocycles. The summed E-state index contributed by atoms with van der Waals surface area (Å²) in [5.74, 6) is -0.161. The maximum atomic E-state index is 13.3. The van der Waals surface area contributed by atoms with Crippen molar-refractivity contribution in [2.45, 2.75) is 13.5 Å². The standard InChI is InChI=1S/C21H17BrN4O/c1-15-5-4-7-20-24-19(14-25(15)20)21(27)26(13-17-6-2-3-12-23-17)18-10-8-16(22)9-11-18/h2-12,14H,13H2,1H3. The highest BCUT2D eigenvalue weighted by Crippen LogP contribution is 2.22. The second-order valence-electron chi connectivity index (χ2n) is 6.21. The number of carbonyl (C=O) groups excluding carboxylic acids is 1. The number of nitrogens with zero attached hydrogens (tertiary/aromatic N) is 4. The Bertz CT molecular complexity index is 1090. The molecule has 1 amide bonds. The van der Waals surface area contributed by atoms with Crippen LogP contribution in [0.2, 0.25) is 0 Å². The predicted octanol–water partition coefficient (Wildman–Crippen LogP) is 4.65. The van der Waals surface area contributed by atoms with Gasteiger partial charge in [-0.1, -0.05) is 28.1 Å². The topological polar surface area (TPSA) is 50.5 Å². The fourth-order valence-electron chi connectivity index (χ4n) is 2.94. The first-order valence-electron chi connectivity index (χ1n) is 8.54. The summed E-state index contributed by atoms with van der Waals surface area (Å²) in [5.41, 5.74) is 3.80. The number of carbonyl (C=O) groups is 1. The Balaban J connectivity index is 1.75. The number of halogens is 1. The van der Waals surface area contributed by atoms with Gasteiger partial charge in [0.25, 0.3) is 5.91 Å². The number of amides is 1. The maximum absolute atomic E-state index is 13.3. The lowest BCUT2D eigenvalue weighted by Gasteiger charge is -2.21. The molecule has 0 aliphatic rings. The lowest BCUT2D eigenvalue weighted by molar-refractivity contribution is 0.0980. The van der Waals surface area contributed by atoms with Gasteiger partial charge in [0.05, 0.1) is 12.2 Å². The number of rotatable bonds is 4. The average molecular weight is 421 g/mol. The third-order valence-corrected chi connectivity index (χ3v) is 4.87. The second-order valence-corrected chi connectivity index (χ2v) is 7.13. The minimum Gasteiger partial charge on any atom is -0.304 e. The van der Waals surface area contributed by atoms with E-state index in [1.54, 1.807) is 17.3 Å². The number of hydrogen-bond acceptors (Lipinski definition) is 3. The van der Waals surface area contributed by atoms with Crippen molar-refractivity contribution >= 4 is 33.2 Å². The third kappa shape index (κ3) is 3.61. The van der Waals surface area contributed by atoms with E-state index in [2.05, 4.69) is 25.9 Å². The summed E-state index contributed by atoms with van der Waals surface area (Å²) >= 11 is 3.44. The lowest BCUT2D eigenvalue weighted by Crippen LogP contribution is -2.31. The molecule has 3 heterocycles. The van der Waals surface area contributed by atoms with Crippen molar-refractivity contribution in [2.75, 3.05) is 4.90 Å². The molecule has 6 heteroatoms. The van der Waals surface area contributed by atoms with E-state index >= 15 is 0 Å². The Kier molecular flexibility index (Phi) is 4.73. The highest BCUT2D eigenvalue weighted by Gasteiger charge is 2.21. The zero-order valence-electron chi connectivity index (χ0n) is 14.7. The number of benzene rings is 1. The third-order valence-electron chi connectivity index (χ3n) is 4.34. The van der Waals surface area contributed by atoms with Crippen molar-refractivity contribution in [2.24, 2.45) is 0 Å². The van der Waals surface area contributed by atoms with Crippen LogP contribution in [0, 0.1) is 6.92 Å². The first-order valence-corrected chi connectivity index (χ1v) is 9.33. The predicted molar refractivity (Wildman–Crippen MR) is 109 cm³/mol. The van der Waals surface area contributed by atoms with Crippen molar-refractivity contribution in [3.63, 3.8) is 0 Å². The van der Waals surface area contributed by atoms with Crippen molar-refractivity contribution in [1.29, 1.82) is 0 Å². The monoisotopic (exact) mass is 420 g/mol. The van der Waals surface area contributed by atoms with Crippen molar-refractivity contribution in [3.05, 3.63) is 94.6 Å². The SMILES string of the molecule is Cc1cccc2nc(C(=O)N(Cc3ccccn3)c3ccc(Br)cc3)cn12. The van der Waals surface area contributed by atoms with Gasteiger partial charge in [0.15, 0.2) is 0 Å². The Hall–Kier alpha value is -2.99. The summed E-state index contributed by atoms with van der Waals surface area (Å²) in [6.45, 7) is 2.36.